The smallest absolute Gasteiger partial charge is 0.276 e. The van der Waals surface area contributed by atoms with Crippen LogP contribution < -0.4 is 14.8 Å². The number of amides is 1. The normalized spacial score (nSPS) is 13.6. The fourth-order valence-electron chi connectivity index (χ4n) is 4.02. The van der Waals surface area contributed by atoms with Crippen molar-refractivity contribution in [2.24, 2.45) is 0 Å². The third kappa shape index (κ3) is 5.03. The number of carbonyl (C=O) groups excluding carboxylic acids is 1. The van der Waals surface area contributed by atoms with E-state index in [1.54, 1.807) is 25.1 Å². The summed E-state index contributed by atoms with van der Waals surface area (Å²) in [6.07, 6.45) is 4.90. The molecule has 0 bridgehead atoms. The summed E-state index contributed by atoms with van der Waals surface area (Å²) in [4.78, 5) is 13.3. The molecule has 8 nitrogen and oxygen atoms in total. The van der Waals surface area contributed by atoms with Gasteiger partial charge in [-0.1, -0.05) is 24.6 Å². The predicted molar refractivity (Wildman–Crippen MR) is 129 cm³/mol. The number of carbonyl (C=O) groups is 1. The Bertz CT molecular complexity index is 1250. The molecule has 1 aliphatic rings. The van der Waals surface area contributed by atoms with E-state index in [0.717, 1.165) is 49.0 Å². The first kappa shape index (κ1) is 22.8. The van der Waals surface area contributed by atoms with Gasteiger partial charge in [0.1, 0.15) is 5.75 Å². The zero-order valence-corrected chi connectivity index (χ0v) is 19.6. The van der Waals surface area contributed by atoms with Crippen molar-refractivity contribution in [2.45, 2.75) is 39.0 Å². The first-order chi connectivity index (χ1) is 15.9. The lowest BCUT2D eigenvalue weighted by molar-refractivity contribution is 0.102. The standard InChI is InChI=1S/C24H28N4O4S/c1-3-33(30,31)27-20-15-14-17(16-22(20)32-2)25-24(29)23-19-12-8-5-9-13-21(19)28(26-23)18-10-6-4-7-11-18/h4,6-7,10-11,14-16,27H,3,5,8-9,12-13H2,1-2H3,(H,25,29). The van der Waals surface area contributed by atoms with Crippen molar-refractivity contribution < 1.29 is 17.9 Å². The van der Waals surface area contributed by atoms with E-state index in [1.165, 1.54) is 7.11 Å². The van der Waals surface area contributed by atoms with Gasteiger partial charge in [0.05, 0.1) is 24.2 Å². The van der Waals surface area contributed by atoms with Crippen molar-refractivity contribution in [3.05, 3.63) is 65.5 Å². The molecule has 33 heavy (non-hydrogen) atoms. The number of sulfonamides is 1. The molecule has 0 saturated carbocycles. The molecule has 1 aliphatic carbocycles. The number of nitrogens with one attached hydrogen (secondary N) is 2. The Balaban J connectivity index is 1.64. The van der Waals surface area contributed by atoms with Gasteiger partial charge >= 0.3 is 0 Å². The molecule has 0 atom stereocenters. The van der Waals surface area contributed by atoms with Crippen LogP contribution in [0.2, 0.25) is 0 Å². The third-order valence-corrected chi connectivity index (χ3v) is 7.04. The molecule has 0 saturated heterocycles. The summed E-state index contributed by atoms with van der Waals surface area (Å²) in [5, 5.41) is 7.60. The van der Waals surface area contributed by atoms with Gasteiger partial charge in [-0.15, -0.1) is 0 Å². The fourth-order valence-corrected chi connectivity index (χ4v) is 4.67. The van der Waals surface area contributed by atoms with Gasteiger partial charge in [0.2, 0.25) is 10.0 Å². The number of rotatable bonds is 7. The minimum atomic E-state index is -3.45. The second-order valence-corrected chi connectivity index (χ2v) is 9.97. The van der Waals surface area contributed by atoms with Gasteiger partial charge in [0.25, 0.3) is 5.91 Å². The van der Waals surface area contributed by atoms with Gasteiger partial charge in [-0.2, -0.15) is 5.10 Å². The number of hydrogen-bond donors (Lipinski definition) is 2. The Labute approximate surface area is 194 Å². The number of nitrogens with zero attached hydrogens (tertiary/aromatic N) is 2. The van der Waals surface area contributed by atoms with Crippen molar-refractivity contribution >= 4 is 27.3 Å². The number of hydrogen-bond acceptors (Lipinski definition) is 5. The highest BCUT2D eigenvalue weighted by Crippen LogP contribution is 2.30. The van der Waals surface area contributed by atoms with Gasteiger partial charge in [0, 0.05) is 23.0 Å². The number of benzene rings is 2. The Morgan fingerprint density at radius 3 is 2.58 bits per heavy atom. The molecule has 3 aromatic rings. The van der Waals surface area contributed by atoms with Crippen LogP contribution in [0.5, 0.6) is 5.75 Å². The molecule has 0 radical (unpaired) electrons. The van der Waals surface area contributed by atoms with E-state index >= 15 is 0 Å². The maximum absolute atomic E-state index is 13.3. The van der Waals surface area contributed by atoms with Crippen LogP contribution in [0.3, 0.4) is 0 Å². The van der Waals surface area contributed by atoms with Crippen LogP contribution in [0.1, 0.15) is 47.9 Å². The Hall–Kier alpha value is -3.33. The molecule has 2 N–H and O–H groups in total. The van der Waals surface area contributed by atoms with Crippen LogP contribution in [0.15, 0.2) is 48.5 Å². The first-order valence-electron chi connectivity index (χ1n) is 11.1. The lowest BCUT2D eigenvalue weighted by atomic mass is 10.1. The van der Waals surface area contributed by atoms with Gasteiger partial charge in [-0.05, 0) is 56.9 Å². The molecule has 1 aromatic heterocycles. The summed E-state index contributed by atoms with van der Waals surface area (Å²) >= 11 is 0. The molecule has 0 aliphatic heterocycles. The maximum Gasteiger partial charge on any atom is 0.276 e. The first-order valence-corrected chi connectivity index (χ1v) is 12.7. The highest BCUT2D eigenvalue weighted by Gasteiger charge is 2.25. The number of anilines is 2. The molecule has 174 valence electrons. The van der Waals surface area contributed by atoms with Crippen molar-refractivity contribution in [1.29, 1.82) is 0 Å². The molecule has 0 spiro atoms. The number of methoxy groups -OCH3 is 1. The van der Waals surface area contributed by atoms with Crippen molar-refractivity contribution in [2.75, 3.05) is 22.9 Å². The van der Waals surface area contributed by atoms with Crippen LogP contribution in [-0.4, -0.2) is 37.0 Å². The van der Waals surface area contributed by atoms with E-state index in [2.05, 4.69) is 10.0 Å². The molecular formula is C24H28N4O4S. The van der Waals surface area contributed by atoms with Crippen molar-refractivity contribution in [3.63, 3.8) is 0 Å². The molecule has 0 fully saturated rings. The van der Waals surface area contributed by atoms with Gasteiger partial charge < -0.3 is 10.1 Å². The van der Waals surface area contributed by atoms with Crippen molar-refractivity contribution in [1.82, 2.24) is 9.78 Å². The number of fused-ring (bicyclic) bond motifs is 1. The van der Waals surface area contributed by atoms with E-state index in [4.69, 9.17) is 9.84 Å². The topological polar surface area (TPSA) is 102 Å². The van der Waals surface area contributed by atoms with E-state index < -0.39 is 10.0 Å². The molecule has 1 heterocycles. The van der Waals surface area contributed by atoms with E-state index in [9.17, 15) is 13.2 Å². The van der Waals surface area contributed by atoms with Gasteiger partial charge in [0.15, 0.2) is 5.69 Å². The summed E-state index contributed by atoms with van der Waals surface area (Å²) < 4.78 is 33.6. The molecule has 1 amide bonds. The largest absolute Gasteiger partial charge is 0.494 e. The van der Waals surface area contributed by atoms with Crippen LogP contribution in [0.4, 0.5) is 11.4 Å². The zero-order valence-electron chi connectivity index (χ0n) is 18.8. The van der Waals surface area contributed by atoms with Gasteiger partial charge in [-0.3, -0.25) is 9.52 Å². The monoisotopic (exact) mass is 468 g/mol. The number of ether oxygens (including phenoxy) is 1. The summed E-state index contributed by atoms with van der Waals surface area (Å²) in [5.74, 6) is -0.0330. The lowest BCUT2D eigenvalue weighted by Gasteiger charge is -2.13. The SMILES string of the molecule is CCS(=O)(=O)Nc1ccc(NC(=O)c2nn(-c3ccccc3)c3c2CCCCC3)cc1OC. The summed E-state index contributed by atoms with van der Waals surface area (Å²) in [7, 11) is -2.00. The average molecular weight is 469 g/mol. The highest BCUT2D eigenvalue weighted by molar-refractivity contribution is 7.92. The van der Waals surface area contributed by atoms with Crippen LogP contribution in [0, 0.1) is 0 Å². The molecule has 4 rings (SSSR count). The Kier molecular flexibility index (Phi) is 6.69. The van der Waals surface area contributed by atoms with E-state index in [0.29, 0.717) is 22.8 Å². The minimum absolute atomic E-state index is 0.0518. The Morgan fingerprint density at radius 2 is 1.85 bits per heavy atom. The summed E-state index contributed by atoms with van der Waals surface area (Å²) in [6.45, 7) is 1.56. The van der Waals surface area contributed by atoms with Crippen LogP contribution >= 0.6 is 0 Å². The molecule has 2 aromatic carbocycles. The second kappa shape index (κ2) is 9.66. The molecule has 9 heteroatoms. The maximum atomic E-state index is 13.3. The number of para-hydroxylation sites is 1. The second-order valence-electron chi connectivity index (χ2n) is 7.96. The predicted octanol–water partition coefficient (Wildman–Crippen LogP) is 4.16. The summed E-state index contributed by atoms with van der Waals surface area (Å²) in [6, 6.07) is 14.7. The fraction of sp³-hybridized carbons (Fsp3) is 0.333. The zero-order chi connectivity index (χ0) is 23.4. The average Bonchev–Trinajstić information content (AvgIpc) is 3.01. The lowest BCUT2D eigenvalue weighted by Crippen LogP contribution is -2.16. The molecule has 0 unspecified atom stereocenters. The Morgan fingerprint density at radius 1 is 1.09 bits per heavy atom. The quantitative estimate of drug-likeness (QED) is 0.507. The van der Waals surface area contributed by atoms with Crippen LogP contribution in [-0.2, 0) is 22.9 Å². The van der Waals surface area contributed by atoms with E-state index in [1.807, 2.05) is 35.0 Å². The van der Waals surface area contributed by atoms with Crippen LogP contribution in [0.25, 0.3) is 5.69 Å². The van der Waals surface area contributed by atoms with E-state index in [-0.39, 0.29) is 11.7 Å². The highest BCUT2D eigenvalue weighted by atomic mass is 32.2. The summed E-state index contributed by atoms with van der Waals surface area (Å²) in [5.41, 5.74) is 4.25. The third-order valence-electron chi connectivity index (χ3n) is 5.75. The number of aromatic nitrogens is 2. The minimum Gasteiger partial charge on any atom is -0.494 e. The van der Waals surface area contributed by atoms with Crippen molar-refractivity contribution in [3.8, 4) is 11.4 Å². The molecular weight excluding hydrogens is 440 g/mol. The van der Waals surface area contributed by atoms with Gasteiger partial charge in [-0.25, -0.2) is 13.1 Å².